The molecule has 3 aromatic rings. The van der Waals surface area contributed by atoms with E-state index in [1.807, 2.05) is 58.9 Å². The Morgan fingerprint density at radius 3 is 2.58 bits per heavy atom. The van der Waals surface area contributed by atoms with Gasteiger partial charge in [0.2, 0.25) is 5.95 Å². The Labute approximate surface area is 152 Å². The average molecular weight is 355 g/mol. The molecule has 0 amide bonds. The summed E-state index contributed by atoms with van der Waals surface area (Å²) in [6.07, 6.45) is 1.56. The molecule has 26 heavy (non-hydrogen) atoms. The van der Waals surface area contributed by atoms with Crippen LogP contribution >= 0.6 is 0 Å². The van der Waals surface area contributed by atoms with Gasteiger partial charge in [0, 0.05) is 0 Å². The number of anilines is 1. The van der Waals surface area contributed by atoms with Crippen molar-refractivity contribution in [2.45, 2.75) is 46.2 Å². The average Bonchev–Trinajstić information content (AvgIpc) is 3.00. The summed E-state index contributed by atoms with van der Waals surface area (Å²) in [5.74, 6) is 1.26. The summed E-state index contributed by atoms with van der Waals surface area (Å²) >= 11 is 0. The number of fused-ring (bicyclic) bond motifs is 1. The van der Waals surface area contributed by atoms with Crippen molar-refractivity contribution < 1.29 is 4.74 Å². The summed E-state index contributed by atoms with van der Waals surface area (Å²) in [6, 6.07) is 7.84. The van der Waals surface area contributed by atoms with E-state index in [2.05, 4.69) is 20.4 Å². The second-order valence-corrected chi connectivity index (χ2v) is 7.25. The fraction of sp³-hybridized carbons (Fsp3) is 0.421. The lowest BCUT2D eigenvalue weighted by molar-refractivity contribution is 0.340. The zero-order chi connectivity index (χ0) is 18.9. The van der Waals surface area contributed by atoms with Crippen molar-refractivity contribution >= 4 is 17.0 Å². The van der Waals surface area contributed by atoms with Crippen LogP contribution in [0.1, 0.15) is 46.2 Å². The fourth-order valence-corrected chi connectivity index (χ4v) is 2.79. The van der Waals surface area contributed by atoms with Crippen LogP contribution in [-0.2, 0) is 5.54 Å². The van der Waals surface area contributed by atoms with Crippen molar-refractivity contribution in [3.63, 3.8) is 0 Å². The molecule has 1 unspecified atom stereocenters. The van der Waals surface area contributed by atoms with Crippen molar-refractivity contribution in [2.75, 3.05) is 11.9 Å². The molecule has 3 rings (SSSR count). The summed E-state index contributed by atoms with van der Waals surface area (Å²) in [5, 5.41) is 8.07. The van der Waals surface area contributed by atoms with E-state index in [4.69, 9.17) is 4.74 Å². The maximum atomic E-state index is 12.4. The van der Waals surface area contributed by atoms with Crippen LogP contribution in [0.4, 0.5) is 5.95 Å². The first kappa shape index (κ1) is 18.0. The van der Waals surface area contributed by atoms with E-state index in [-0.39, 0.29) is 17.1 Å². The summed E-state index contributed by atoms with van der Waals surface area (Å²) in [5.41, 5.74) is 1.18. The molecule has 7 heteroatoms. The summed E-state index contributed by atoms with van der Waals surface area (Å²) in [4.78, 5) is 19.7. The minimum absolute atomic E-state index is 0.0303. The van der Waals surface area contributed by atoms with Gasteiger partial charge in [-0.15, -0.1) is 0 Å². The highest BCUT2D eigenvalue weighted by atomic mass is 16.5. The largest absolute Gasteiger partial charge is 0.494 e. The number of aromatic nitrogens is 4. The van der Waals surface area contributed by atoms with E-state index in [1.165, 1.54) is 0 Å². The van der Waals surface area contributed by atoms with Crippen LogP contribution in [0.3, 0.4) is 0 Å². The third-order valence-corrected chi connectivity index (χ3v) is 4.12. The van der Waals surface area contributed by atoms with Gasteiger partial charge in [0.15, 0.2) is 5.65 Å². The summed E-state index contributed by atoms with van der Waals surface area (Å²) < 4.78 is 7.24. The van der Waals surface area contributed by atoms with Crippen LogP contribution in [0.15, 0.2) is 35.3 Å². The molecule has 1 aromatic carbocycles. The lowest BCUT2D eigenvalue weighted by Gasteiger charge is -2.20. The summed E-state index contributed by atoms with van der Waals surface area (Å²) in [7, 11) is 0. The molecule has 2 N–H and O–H groups in total. The van der Waals surface area contributed by atoms with Gasteiger partial charge in [-0.3, -0.25) is 9.78 Å². The molecule has 0 aliphatic heterocycles. The van der Waals surface area contributed by atoms with Gasteiger partial charge in [0.05, 0.1) is 24.4 Å². The van der Waals surface area contributed by atoms with Gasteiger partial charge >= 0.3 is 0 Å². The van der Waals surface area contributed by atoms with E-state index in [0.29, 0.717) is 23.6 Å². The van der Waals surface area contributed by atoms with Crippen LogP contribution in [0, 0.1) is 0 Å². The predicted molar refractivity (Wildman–Crippen MR) is 103 cm³/mol. The maximum Gasteiger partial charge on any atom is 0.263 e. The molecule has 2 heterocycles. The molecule has 0 aliphatic carbocycles. The number of nitrogens with one attached hydrogen (secondary N) is 2. The number of ether oxygens (including phenoxy) is 1. The van der Waals surface area contributed by atoms with Crippen molar-refractivity contribution in [1.29, 1.82) is 0 Å². The first-order valence-corrected chi connectivity index (χ1v) is 8.77. The van der Waals surface area contributed by atoms with Gasteiger partial charge in [-0.25, -0.2) is 4.68 Å². The van der Waals surface area contributed by atoms with Crippen molar-refractivity contribution in [2.24, 2.45) is 0 Å². The number of hydrogen-bond acceptors (Lipinski definition) is 5. The number of nitrogens with zero attached hydrogens (tertiary/aromatic N) is 3. The molecule has 1 atom stereocenters. The molecular formula is C19H25N5O2. The van der Waals surface area contributed by atoms with Crippen molar-refractivity contribution in [3.8, 4) is 5.75 Å². The topological polar surface area (TPSA) is 84.8 Å². The normalized spacial score (nSPS) is 13.0. The maximum absolute atomic E-state index is 12.4. The zero-order valence-electron chi connectivity index (χ0n) is 15.8. The van der Waals surface area contributed by atoms with E-state index < -0.39 is 0 Å². The Morgan fingerprint density at radius 2 is 1.96 bits per heavy atom. The molecular weight excluding hydrogens is 330 g/mol. The fourth-order valence-electron chi connectivity index (χ4n) is 2.79. The van der Waals surface area contributed by atoms with Gasteiger partial charge in [-0.2, -0.15) is 10.1 Å². The second kappa shape index (κ2) is 6.82. The van der Waals surface area contributed by atoms with Gasteiger partial charge in [-0.05, 0) is 52.3 Å². The Hall–Kier alpha value is -2.83. The van der Waals surface area contributed by atoms with E-state index >= 15 is 0 Å². The minimum Gasteiger partial charge on any atom is -0.494 e. The van der Waals surface area contributed by atoms with Crippen molar-refractivity contribution in [1.82, 2.24) is 19.7 Å². The second-order valence-electron chi connectivity index (χ2n) is 7.25. The molecule has 0 saturated heterocycles. The Kier molecular flexibility index (Phi) is 4.71. The van der Waals surface area contributed by atoms with Crippen LogP contribution < -0.4 is 15.6 Å². The molecule has 138 valence electrons. The number of rotatable bonds is 5. The third kappa shape index (κ3) is 3.56. The lowest BCUT2D eigenvalue weighted by atomic mass is 10.1. The highest BCUT2D eigenvalue weighted by Gasteiger charge is 2.20. The number of benzene rings is 1. The van der Waals surface area contributed by atoms with Gasteiger partial charge in [0.25, 0.3) is 5.56 Å². The molecule has 0 spiro atoms. The molecule has 2 aromatic heterocycles. The van der Waals surface area contributed by atoms with Gasteiger partial charge in [-0.1, -0.05) is 12.1 Å². The monoisotopic (exact) mass is 355 g/mol. The van der Waals surface area contributed by atoms with Gasteiger partial charge < -0.3 is 10.1 Å². The highest BCUT2D eigenvalue weighted by molar-refractivity contribution is 5.74. The SMILES string of the molecule is CCOc1ccc(C(C)Nc2nc3c(cnn3C(C)(C)C)c(=O)[nH]2)cc1. The third-order valence-electron chi connectivity index (χ3n) is 4.12. The molecule has 7 nitrogen and oxygen atoms in total. The Bertz CT molecular complexity index is 951. The van der Waals surface area contributed by atoms with E-state index in [1.54, 1.807) is 10.9 Å². The smallest absolute Gasteiger partial charge is 0.263 e. The molecule has 0 aliphatic rings. The van der Waals surface area contributed by atoms with E-state index in [0.717, 1.165) is 11.3 Å². The van der Waals surface area contributed by atoms with E-state index in [9.17, 15) is 4.79 Å². The molecule has 0 fully saturated rings. The Morgan fingerprint density at radius 1 is 1.27 bits per heavy atom. The van der Waals surface area contributed by atoms with Crippen LogP contribution in [0.25, 0.3) is 11.0 Å². The molecule has 0 radical (unpaired) electrons. The first-order chi connectivity index (χ1) is 12.3. The number of hydrogen-bond donors (Lipinski definition) is 2. The lowest BCUT2D eigenvalue weighted by Crippen LogP contribution is -2.24. The van der Waals surface area contributed by atoms with Crippen LogP contribution in [0.5, 0.6) is 5.75 Å². The van der Waals surface area contributed by atoms with Gasteiger partial charge in [0.1, 0.15) is 11.1 Å². The molecule has 0 saturated carbocycles. The predicted octanol–water partition coefficient (Wildman–Crippen LogP) is 3.45. The highest BCUT2D eigenvalue weighted by Crippen LogP contribution is 2.22. The van der Waals surface area contributed by atoms with Crippen LogP contribution in [0.2, 0.25) is 0 Å². The zero-order valence-corrected chi connectivity index (χ0v) is 15.8. The standard InChI is InChI=1S/C19H25N5O2/c1-6-26-14-9-7-13(8-10-14)12(2)21-18-22-16-15(17(25)23-18)11-20-24(16)19(3,4)5/h7-12H,6H2,1-5H3,(H2,21,22,23,25). The number of H-pyrrole nitrogens is 1. The summed E-state index contributed by atoms with van der Waals surface area (Å²) in [6.45, 7) is 10.7. The van der Waals surface area contributed by atoms with Crippen molar-refractivity contribution in [3.05, 3.63) is 46.4 Å². The minimum atomic E-state index is -0.263. The quantitative estimate of drug-likeness (QED) is 0.732. The molecule has 0 bridgehead atoms. The number of aromatic amines is 1. The van der Waals surface area contributed by atoms with Crippen LogP contribution in [-0.4, -0.2) is 26.4 Å². The Balaban J connectivity index is 1.89. The first-order valence-electron chi connectivity index (χ1n) is 8.77.